The minimum Gasteiger partial charge on any atom is -0.389 e. The lowest BCUT2D eigenvalue weighted by molar-refractivity contribution is 0.0102. The molecule has 0 saturated carbocycles. The van der Waals surface area contributed by atoms with Crippen LogP contribution in [0, 0.1) is 5.92 Å². The lowest BCUT2D eigenvalue weighted by Gasteiger charge is -2.28. The normalized spacial score (nSPS) is 34.1. The first-order valence-corrected chi connectivity index (χ1v) is 5.64. The highest BCUT2D eigenvalue weighted by molar-refractivity contribution is 7.99. The van der Waals surface area contributed by atoms with E-state index in [9.17, 15) is 5.11 Å². The maximum absolute atomic E-state index is 10.1. The van der Waals surface area contributed by atoms with Crippen molar-refractivity contribution in [1.29, 1.82) is 0 Å². The molecule has 1 fully saturated rings. The fourth-order valence-electron chi connectivity index (χ4n) is 1.66. The molecular weight excluding hydrogens is 156 g/mol. The van der Waals surface area contributed by atoms with Gasteiger partial charge in [0, 0.05) is 5.75 Å². The molecule has 66 valence electrons. The van der Waals surface area contributed by atoms with Crippen LogP contribution < -0.4 is 0 Å². The molecule has 1 nitrogen and oxygen atoms in total. The highest BCUT2D eigenvalue weighted by Crippen LogP contribution is 2.35. The zero-order valence-electron chi connectivity index (χ0n) is 7.47. The number of thioether (sulfide) groups is 1. The molecule has 0 aromatic rings. The Morgan fingerprint density at radius 2 is 2.36 bits per heavy atom. The van der Waals surface area contributed by atoms with Gasteiger partial charge in [-0.2, -0.15) is 11.8 Å². The number of aliphatic hydroxyl groups is 1. The van der Waals surface area contributed by atoms with Crippen molar-refractivity contribution in [2.24, 2.45) is 5.92 Å². The summed E-state index contributed by atoms with van der Waals surface area (Å²) >= 11 is 1.89. The van der Waals surface area contributed by atoms with Crippen molar-refractivity contribution in [1.82, 2.24) is 0 Å². The highest BCUT2D eigenvalue weighted by Gasteiger charge is 2.36. The summed E-state index contributed by atoms with van der Waals surface area (Å²) in [6.07, 6.45) is 3.35. The van der Waals surface area contributed by atoms with Crippen LogP contribution in [-0.2, 0) is 0 Å². The second-order valence-corrected chi connectivity index (χ2v) is 4.70. The van der Waals surface area contributed by atoms with Crippen molar-refractivity contribution in [2.45, 2.75) is 38.7 Å². The average Bonchev–Trinajstić information content (AvgIpc) is 2.38. The fraction of sp³-hybridized carbons (Fsp3) is 1.00. The Bertz CT molecular complexity index is 119. The number of hydrogen-bond donors (Lipinski definition) is 1. The molecule has 0 bridgehead atoms. The van der Waals surface area contributed by atoms with Crippen LogP contribution in [0.5, 0.6) is 0 Å². The molecule has 0 aromatic heterocycles. The van der Waals surface area contributed by atoms with Gasteiger partial charge in [0.2, 0.25) is 0 Å². The van der Waals surface area contributed by atoms with E-state index in [0.717, 1.165) is 24.3 Å². The molecule has 1 aliphatic heterocycles. The number of rotatable bonds is 3. The topological polar surface area (TPSA) is 20.2 Å². The summed E-state index contributed by atoms with van der Waals surface area (Å²) < 4.78 is 0. The Morgan fingerprint density at radius 1 is 1.64 bits per heavy atom. The summed E-state index contributed by atoms with van der Waals surface area (Å²) in [4.78, 5) is 0. The summed E-state index contributed by atoms with van der Waals surface area (Å²) in [6, 6.07) is 0. The van der Waals surface area contributed by atoms with Crippen LogP contribution in [-0.4, -0.2) is 22.2 Å². The van der Waals surface area contributed by atoms with Crippen molar-refractivity contribution < 1.29 is 5.11 Å². The molecule has 1 rings (SSSR count). The van der Waals surface area contributed by atoms with Crippen molar-refractivity contribution in [3.8, 4) is 0 Å². The van der Waals surface area contributed by atoms with Crippen LogP contribution in [0.1, 0.15) is 33.1 Å². The van der Waals surface area contributed by atoms with Crippen LogP contribution in [0.4, 0.5) is 0 Å². The largest absolute Gasteiger partial charge is 0.389 e. The SMILES string of the molecule is CCCC(C)C1(O)CCSC1. The number of hydrogen-bond acceptors (Lipinski definition) is 2. The van der Waals surface area contributed by atoms with Gasteiger partial charge in [-0.3, -0.25) is 0 Å². The van der Waals surface area contributed by atoms with Gasteiger partial charge in [0.15, 0.2) is 0 Å². The van der Waals surface area contributed by atoms with E-state index in [1.165, 1.54) is 6.42 Å². The van der Waals surface area contributed by atoms with Gasteiger partial charge in [0.05, 0.1) is 5.60 Å². The first-order chi connectivity index (χ1) is 5.19. The van der Waals surface area contributed by atoms with E-state index in [1.54, 1.807) is 0 Å². The smallest absolute Gasteiger partial charge is 0.0770 e. The highest BCUT2D eigenvalue weighted by atomic mass is 32.2. The van der Waals surface area contributed by atoms with Crippen LogP contribution in [0.3, 0.4) is 0 Å². The minimum absolute atomic E-state index is 0.333. The van der Waals surface area contributed by atoms with E-state index in [4.69, 9.17) is 0 Å². The quantitative estimate of drug-likeness (QED) is 0.708. The lowest BCUT2D eigenvalue weighted by atomic mass is 9.85. The third kappa shape index (κ3) is 2.12. The third-order valence-corrected chi connectivity index (χ3v) is 3.87. The van der Waals surface area contributed by atoms with E-state index in [1.807, 2.05) is 11.8 Å². The van der Waals surface area contributed by atoms with E-state index >= 15 is 0 Å². The standard InChI is InChI=1S/C9H18OS/c1-3-4-8(2)9(10)5-6-11-7-9/h8,10H,3-7H2,1-2H3. The van der Waals surface area contributed by atoms with E-state index in [0.29, 0.717) is 5.92 Å². The van der Waals surface area contributed by atoms with Gasteiger partial charge in [-0.25, -0.2) is 0 Å². The van der Waals surface area contributed by atoms with Gasteiger partial charge < -0.3 is 5.11 Å². The first-order valence-electron chi connectivity index (χ1n) is 4.49. The predicted octanol–water partition coefficient (Wildman–Crippen LogP) is 2.29. The molecule has 1 aliphatic rings. The van der Waals surface area contributed by atoms with Crippen LogP contribution >= 0.6 is 11.8 Å². The zero-order chi connectivity index (χ0) is 8.32. The maximum Gasteiger partial charge on any atom is 0.0770 e. The molecule has 2 atom stereocenters. The molecular formula is C9H18OS. The molecule has 1 heterocycles. The fourth-order valence-corrected chi connectivity index (χ4v) is 3.08. The summed E-state index contributed by atoms with van der Waals surface area (Å²) in [5.74, 6) is 2.58. The zero-order valence-corrected chi connectivity index (χ0v) is 8.28. The second kappa shape index (κ2) is 3.81. The summed E-state index contributed by atoms with van der Waals surface area (Å²) in [5.41, 5.74) is -0.333. The second-order valence-electron chi connectivity index (χ2n) is 3.60. The van der Waals surface area contributed by atoms with Gasteiger partial charge in [-0.15, -0.1) is 0 Å². The van der Waals surface area contributed by atoms with Gasteiger partial charge in [-0.1, -0.05) is 20.3 Å². The van der Waals surface area contributed by atoms with Crippen LogP contribution in [0.2, 0.25) is 0 Å². The van der Waals surface area contributed by atoms with Crippen molar-refractivity contribution in [3.63, 3.8) is 0 Å². The molecule has 2 heteroatoms. The van der Waals surface area contributed by atoms with Gasteiger partial charge in [0.1, 0.15) is 0 Å². The van der Waals surface area contributed by atoms with Gasteiger partial charge in [0.25, 0.3) is 0 Å². The van der Waals surface area contributed by atoms with E-state index in [-0.39, 0.29) is 5.60 Å². The van der Waals surface area contributed by atoms with Crippen molar-refractivity contribution in [2.75, 3.05) is 11.5 Å². The molecule has 1 N–H and O–H groups in total. The average molecular weight is 174 g/mol. The Labute approximate surface area is 73.6 Å². The van der Waals surface area contributed by atoms with Gasteiger partial charge >= 0.3 is 0 Å². The predicted molar refractivity (Wildman–Crippen MR) is 51.0 cm³/mol. The van der Waals surface area contributed by atoms with Gasteiger partial charge in [-0.05, 0) is 24.5 Å². The summed E-state index contributed by atoms with van der Waals surface area (Å²) in [6.45, 7) is 4.36. The minimum atomic E-state index is -0.333. The summed E-state index contributed by atoms with van der Waals surface area (Å²) in [7, 11) is 0. The van der Waals surface area contributed by atoms with Crippen LogP contribution in [0.15, 0.2) is 0 Å². The summed E-state index contributed by atoms with van der Waals surface area (Å²) in [5, 5.41) is 10.1. The molecule has 0 amide bonds. The molecule has 0 aromatic carbocycles. The molecule has 0 spiro atoms. The molecule has 0 aliphatic carbocycles. The third-order valence-electron chi connectivity index (χ3n) is 2.67. The lowest BCUT2D eigenvalue weighted by Crippen LogP contribution is -2.36. The molecule has 2 unspecified atom stereocenters. The molecule has 0 radical (unpaired) electrons. The van der Waals surface area contributed by atoms with Crippen molar-refractivity contribution >= 4 is 11.8 Å². The Kier molecular flexibility index (Phi) is 3.26. The van der Waals surface area contributed by atoms with Crippen molar-refractivity contribution in [3.05, 3.63) is 0 Å². The maximum atomic E-state index is 10.1. The molecule has 11 heavy (non-hydrogen) atoms. The Morgan fingerprint density at radius 3 is 2.82 bits per heavy atom. The van der Waals surface area contributed by atoms with E-state index < -0.39 is 0 Å². The Balaban J connectivity index is 2.42. The molecule has 1 saturated heterocycles. The first kappa shape index (κ1) is 9.40. The van der Waals surface area contributed by atoms with E-state index in [2.05, 4.69) is 13.8 Å². The van der Waals surface area contributed by atoms with Crippen LogP contribution in [0.25, 0.3) is 0 Å². The Hall–Kier alpha value is 0.310. The monoisotopic (exact) mass is 174 g/mol.